The number of hydrogen-bond donors (Lipinski definition) is 3. The van der Waals surface area contributed by atoms with E-state index in [0.717, 1.165) is 19.4 Å². The minimum Gasteiger partial charge on any atom is -0.356 e. The average molecular weight is 292 g/mol. The molecular weight excluding hydrogens is 272 g/mol. The molecule has 114 valence electrons. The molecule has 1 amide bonds. The highest BCUT2D eigenvalue weighted by Gasteiger charge is 2.39. The number of fused-ring (bicyclic) bond motifs is 1. The second kappa shape index (κ2) is 5.48. The largest absolute Gasteiger partial charge is 0.356 e. The molecule has 7 nitrogen and oxygen atoms in total. The molecular formula is C14H20N4O3. The monoisotopic (exact) mass is 292 g/mol. The van der Waals surface area contributed by atoms with Gasteiger partial charge in [0.15, 0.2) is 0 Å². The van der Waals surface area contributed by atoms with Crippen molar-refractivity contribution in [3.8, 4) is 0 Å². The predicted molar refractivity (Wildman–Crippen MR) is 76.8 cm³/mol. The van der Waals surface area contributed by atoms with Gasteiger partial charge in [-0.1, -0.05) is 0 Å². The van der Waals surface area contributed by atoms with Gasteiger partial charge in [-0.3, -0.25) is 19.5 Å². The maximum Gasteiger partial charge on any atom is 0.325 e. The summed E-state index contributed by atoms with van der Waals surface area (Å²) in [6, 6.07) is 1.81. The topological polar surface area (TPSA) is 98.1 Å². The van der Waals surface area contributed by atoms with Crippen molar-refractivity contribution in [3.63, 3.8) is 0 Å². The van der Waals surface area contributed by atoms with Crippen LogP contribution in [0.25, 0.3) is 0 Å². The van der Waals surface area contributed by atoms with E-state index in [2.05, 4.69) is 20.2 Å². The molecule has 1 aliphatic heterocycles. The molecule has 2 aliphatic rings. The van der Waals surface area contributed by atoms with Crippen LogP contribution in [0.15, 0.2) is 15.7 Å². The van der Waals surface area contributed by atoms with Gasteiger partial charge in [-0.25, -0.2) is 4.79 Å². The normalized spacial score (nSPS) is 28.5. The molecule has 0 aromatic carbocycles. The lowest BCUT2D eigenvalue weighted by Crippen LogP contribution is -2.38. The highest BCUT2D eigenvalue weighted by Crippen LogP contribution is 2.38. The first-order valence-corrected chi connectivity index (χ1v) is 7.30. The van der Waals surface area contributed by atoms with E-state index in [1.807, 2.05) is 7.05 Å². The van der Waals surface area contributed by atoms with E-state index in [4.69, 9.17) is 0 Å². The van der Waals surface area contributed by atoms with Gasteiger partial charge in [-0.15, -0.1) is 0 Å². The number of carbonyl (C=O) groups excluding carboxylic acids is 1. The second-order valence-corrected chi connectivity index (χ2v) is 6.18. The number of aromatic nitrogens is 2. The molecule has 1 aromatic rings. The first kappa shape index (κ1) is 14.1. The van der Waals surface area contributed by atoms with Gasteiger partial charge in [0.2, 0.25) is 5.91 Å². The first-order chi connectivity index (χ1) is 10.0. The number of aromatic amines is 2. The summed E-state index contributed by atoms with van der Waals surface area (Å²) in [7, 11) is 2.00. The fourth-order valence-corrected chi connectivity index (χ4v) is 3.60. The van der Waals surface area contributed by atoms with Gasteiger partial charge >= 0.3 is 5.69 Å². The first-order valence-electron chi connectivity index (χ1n) is 7.30. The third kappa shape index (κ3) is 3.07. The lowest BCUT2D eigenvalue weighted by molar-refractivity contribution is -0.124. The van der Waals surface area contributed by atoms with E-state index in [-0.39, 0.29) is 11.5 Å². The summed E-state index contributed by atoms with van der Waals surface area (Å²) in [5.41, 5.74) is -0.229. The van der Waals surface area contributed by atoms with Gasteiger partial charge < -0.3 is 10.3 Å². The summed E-state index contributed by atoms with van der Waals surface area (Å²) < 4.78 is 0. The Labute approximate surface area is 121 Å². The Balaban J connectivity index is 1.66. The van der Waals surface area contributed by atoms with Crippen molar-refractivity contribution in [1.82, 2.24) is 20.2 Å². The Morgan fingerprint density at radius 1 is 1.19 bits per heavy atom. The van der Waals surface area contributed by atoms with Gasteiger partial charge in [0.1, 0.15) is 0 Å². The molecule has 3 rings (SSSR count). The predicted octanol–water partition coefficient (Wildman–Crippen LogP) is -0.590. The zero-order chi connectivity index (χ0) is 15.0. The van der Waals surface area contributed by atoms with Crippen molar-refractivity contribution >= 4 is 5.91 Å². The van der Waals surface area contributed by atoms with Gasteiger partial charge in [0, 0.05) is 37.3 Å². The molecule has 1 aromatic heterocycles. The standard InChI is InChI=1S/C14H20N4O3/c1-18(7-10-5-13(20)17-14(21)16-10)11-2-8-4-12(19)15-6-9(8)3-11/h5,8-9,11H,2-4,6-7H2,1H3,(H,15,19)(H2,16,17,20,21)/t8-,9+,11-/m0/s1. The summed E-state index contributed by atoms with van der Waals surface area (Å²) in [5, 5.41) is 2.93. The van der Waals surface area contributed by atoms with Crippen LogP contribution >= 0.6 is 0 Å². The molecule has 7 heteroatoms. The van der Waals surface area contributed by atoms with Crippen molar-refractivity contribution in [2.24, 2.45) is 11.8 Å². The molecule has 1 aliphatic carbocycles. The highest BCUT2D eigenvalue weighted by atomic mass is 16.2. The van der Waals surface area contributed by atoms with Crippen LogP contribution in [-0.2, 0) is 11.3 Å². The van der Waals surface area contributed by atoms with Crippen molar-refractivity contribution in [2.45, 2.75) is 31.8 Å². The SMILES string of the molecule is CN(Cc1cc(=O)[nH]c(=O)[nH]1)[C@H]1C[C@H]2CC(=O)NC[C@H]2C1. The van der Waals surface area contributed by atoms with Crippen LogP contribution in [0.2, 0.25) is 0 Å². The van der Waals surface area contributed by atoms with E-state index < -0.39 is 5.69 Å². The highest BCUT2D eigenvalue weighted by molar-refractivity contribution is 5.77. The van der Waals surface area contributed by atoms with Crippen molar-refractivity contribution in [2.75, 3.05) is 13.6 Å². The van der Waals surface area contributed by atoms with Crippen molar-refractivity contribution in [1.29, 1.82) is 0 Å². The zero-order valence-corrected chi connectivity index (χ0v) is 12.0. The fourth-order valence-electron chi connectivity index (χ4n) is 3.60. The van der Waals surface area contributed by atoms with Gasteiger partial charge in [-0.05, 0) is 31.7 Å². The van der Waals surface area contributed by atoms with Crippen LogP contribution < -0.4 is 16.6 Å². The summed E-state index contributed by atoms with van der Waals surface area (Å²) in [4.78, 5) is 41.0. The molecule has 0 unspecified atom stereocenters. The zero-order valence-electron chi connectivity index (χ0n) is 12.0. The van der Waals surface area contributed by atoms with E-state index in [1.165, 1.54) is 6.07 Å². The summed E-state index contributed by atoms with van der Waals surface area (Å²) in [5.74, 6) is 1.16. The Hall–Kier alpha value is -1.89. The number of amides is 1. The molecule has 2 fully saturated rings. The van der Waals surface area contributed by atoms with Gasteiger partial charge in [-0.2, -0.15) is 0 Å². The molecule has 1 saturated carbocycles. The van der Waals surface area contributed by atoms with Gasteiger partial charge in [0.25, 0.3) is 5.56 Å². The Morgan fingerprint density at radius 3 is 2.71 bits per heavy atom. The van der Waals surface area contributed by atoms with Crippen LogP contribution in [0.5, 0.6) is 0 Å². The van der Waals surface area contributed by atoms with Crippen LogP contribution in [0.3, 0.4) is 0 Å². The number of nitrogens with one attached hydrogen (secondary N) is 3. The fraction of sp³-hybridized carbons (Fsp3) is 0.643. The van der Waals surface area contributed by atoms with Crippen LogP contribution in [0.1, 0.15) is 25.0 Å². The van der Waals surface area contributed by atoms with Crippen molar-refractivity contribution < 1.29 is 4.79 Å². The van der Waals surface area contributed by atoms with Crippen molar-refractivity contribution in [3.05, 3.63) is 32.6 Å². The smallest absolute Gasteiger partial charge is 0.325 e. The molecule has 0 bridgehead atoms. The third-order valence-corrected chi connectivity index (χ3v) is 4.68. The van der Waals surface area contributed by atoms with E-state index in [0.29, 0.717) is 36.5 Å². The number of carbonyl (C=O) groups is 1. The summed E-state index contributed by atoms with van der Waals surface area (Å²) in [6.45, 7) is 1.31. The minimum atomic E-state index is -0.471. The Kier molecular flexibility index (Phi) is 3.67. The number of H-pyrrole nitrogens is 2. The molecule has 3 atom stereocenters. The molecule has 2 heterocycles. The lowest BCUT2D eigenvalue weighted by atomic mass is 9.89. The number of hydrogen-bond acceptors (Lipinski definition) is 4. The number of rotatable bonds is 3. The van der Waals surface area contributed by atoms with Crippen LogP contribution in [0.4, 0.5) is 0 Å². The molecule has 1 saturated heterocycles. The summed E-state index contributed by atoms with van der Waals surface area (Å²) >= 11 is 0. The third-order valence-electron chi connectivity index (χ3n) is 4.68. The quantitative estimate of drug-likeness (QED) is 0.693. The Morgan fingerprint density at radius 2 is 1.95 bits per heavy atom. The second-order valence-electron chi connectivity index (χ2n) is 6.18. The maximum atomic E-state index is 11.4. The molecule has 21 heavy (non-hydrogen) atoms. The van der Waals surface area contributed by atoms with Crippen LogP contribution in [0, 0.1) is 11.8 Å². The molecule has 0 radical (unpaired) electrons. The lowest BCUT2D eigenvalue weighted by Gasteiger charge is -2.24. The van der Waals surface area contributed by atoms with Crippen LogP contribution in [-0.4, -0.2) is 40.4 Å². The van der Waals surface area contributed by atoms with E-state index in [1.54, 1.807) is 0 Å². The molecule has 3 N–H and O–H groups in total. The average Bonchev–Trinajstić information content (AvgIpc) is 2.80. The maximum absolute atomic E-state index is 11.4. The molecule has 0 spiro atoms. The van der Waals surface area contributed by atoms with E-state index >= 15 is 0 Å². The van der Waals surface area contributed by atoms with Gasteiger partial charge in [0.05, 0.1) is 0 Å². The van der Waals surface area contributed by atoms with E-state index in [9.17, 15) is 14.4 Å². The number of piperidine rings is 1. The Bertz CT molecular complexity index is 622. The minimum absolute atomic E-state index is 0.151. The number of nitrogens with zero attached hydrogens (tertiary/aromatic N) is 1. The summed E-state index contributed by atoms with van der Waals surface area (Å²) in [6.07, 6.45) is 2.67.